The molecule has 0 aliphatic carbocycles. The van der Waals surface area contributed by atoms with Gasteiger partial charge in [-0.1, -0.05) is 6.92 Å². The fourth-order valence-corrected chi connectivity index (χ4v) is 2.05. The van der Waals surface area contributed by atoms with E-state index in [0.717, 1.165) is 0 Å². The first-order valence-electron chi connectivity index (χ1n) is 5.56. The highest BCUT2D eigenvalue weighted by atomic mass is 16.5. The van der Waals surface area contributed by atoms with Crippen LogP contribution in [0.5, 0.6) is 0 Å². The van der Waals surface area contributed by atoms with E-state index in [9.17, 15) is 14.7 Å². The van der Waals surface area contributed by atoms with Crippen molar-refractivity contribution in [1.82, 2.24) is 4.57 Å². The smallest absolute Gasteiger partial charge is 0.326 e. The Morgan fingerprint density at radius 3 is 2.82 bits per heavy atom. The van der Waals surface area contributed by atoms with Crippen LogP contribution in [0.4, 0.5) is 0 Å². The predicted octanol–water partition coefficient (Wildman–Crippen LogP) is 0.915. The summed E-state index contributed by atoms with van der Waals surface area (Å²) >= 11 is 0. The molecule has 1 aliphatic rings. The SMILES string of the molecule is CC1OC(=O)Cn2c(C=O)ccc2C(O)C1C. The molecule has 2 heterocycles. The van der Waals surface area contributed by atoms with Crippen LogP contribution in [0.3, 0.4) is 0 Å². The van der Waals surface area contributed by atoms with Gasteiger partial charge in [0.1, 0.15) is 18.8 Å². The lowest BCUT2D eigenvalue weighted by atomic mass is 9.96. The number of hydrogen-bond donors (Lipinski definition) is 1. The van der Waals surface area contributed by atoms with E-state index < -0.39 is 12.1 Å². The van der Waals surface area contributed by atoms with Gasteiger partial charge in [-0.3, -0.25) is 9.59 Å². The summed E-state index contributed by atoms with van der Waals surface area (Å²) in [5.74, 6) is -0.607. The number of aliphatic hydroxyl groups is 1. The number of hydrogen-bond acceptors (Lipinski definition) is 4. The number of aliphatic hydroxyl groups excluding tert-OH is 1. The zero-order valence-electron chi connectivity index (χ0n) is 9.79. The van der Waals surface area contributed by atoms with Crippen LogP contribution in [0, 0.1) is 5.92 Å². The number of rotatable bonds is 1. The lowest BCUT2D eigenvalue weighted by Crippen LogP contribution is -2.33. The number of aromatic nitrogens is 1. The van der Waals surface area contributed by atoms with Crippen molar-refractivity contribution in [2.24, 2.45) is 5.92 Å². The molecule has 2 rings (SSSR count). The molecule has 17 heavy (non-hydrogen) atoms. The van der Waals surface area contributed by atoms with E-state index in [-0.39, 0.29) is 18.6 Å². The third-order valence-electron chi connectivity index (χ3n) is 3.31. The summed E-state index contributed by atoms with van der Waals surface area (Å²) in [5, 5.41) is 10.2. The van der Waals surface area contributed by atoms with E-state index in [1.54, 1.807) is 19.1 Å². The average Bonchev–Trinajstić information content (AvgIpc) is 2.68. The lowest BCUT2D eigenvalue weighted by Gasteiger charge is -2.29. The molecule has 1 aromatic heterocycles. The minimum Gasteiger partial charge on any atom is -0.461 e. The first-order chi connectivity index (χ1) is 8.04. The van der Waals surface area contributed by atoms with Crippen molar-refractivity contribution in [1.29, 1.82) is 0 Å². The van der Waals surface area contributed by atoms with E-state index in [0.29, 0.717) is 17.7 Å². The molecule has 5 heteroatoms. The molecule has 0 bridgehead atoms. The number of carbonyl (C=O) groups excluding carboxylic acids is 2. The van der Waals surface area contributed by atoms with Crippen molar-refractivity contribution >= 4 is 12.3 Å². The molecule has 0 spiro atoms. The van der Waals surface area contributed by atoms with Gasteiger partial charge in [-0.25, -0.2) is 0 Å². The van der Waals surface area contributed by atoms with Crippen LogP contribution in [0.2, 0.25) is 0 Å². The first kappa shape index (κ1) is 11.9. The van der Waals surface area contributed by atoms with Gasteiger partial charge in [-0.2, -0.15) is 0 Å². The summed E-state index contributed by atoms with van der Waals surface area (Å²) in [7, 11) is 0. The highest BCUT2D eigenvalue weighted by molar-refractivity contribution is 5.76. The van der Waals surface area contributed by atoms with Gasteiger partial charge >= 0.3 is 5.97 Å². The molecule has 0 saturated heterocycles. The van der Waals surface area contributed by atoms with Crippen molar-refractivity contribution < 1.29 is 19.4 Å². The Labute approximate surface area is 99.0 Å². The zero-order chi connectivity index (χ0) is 12.6. The van der Waals surface area contributed by atoms with Gasteiger partial charge in [0.25, 0.3) is 0 Å². The monoisotopic (exact) mass is 237 g/mol. The minimum absolute atomic E-state index is 0.0372. The maximum absolute atomic E-state index is 11.6. The fraction of sp³-hybridized carbons (Fsp3) is 0.500. The van der Waals surface area contributed by atoms with Crippen LogP contribution < -0.4 is 0 Å². The number of cyclic esters (lactones) is 1. The average molecular weight is 237 g/mol. The summed E-state index contributed by atoms with van der Waals surface area (Å²) in [6.45, 7) is 3.53. The maximum Gasteiger partial charge on any atom is 0.326 e. The van der Waals surface area contributed by atoms with E-state index in [4.69, 9.17) is 4.74 Å². The summed E-state index contributed by atoms with van der Waals surface area (Å²) in [4.78, 5) is 22.4. The third-order valence-corrected chi connectivity index (χ3v) is 3.31. The topological polar surface area (TPSA) is 68.5 Å². The van der Waals surface area contributed by atoms with Gasteiger partial charge in [0.15, 0.2) is 6.29 Å². The van der Waals surface area contributed by atoms with Crippen LogP contribution in [-0.2, 0) is 16.1 Å². The highest BCUT2D eigenvalue weighted by Crippen LogP contribution is 2.29. The Bertz CT molecular complexity index is 451. The van der Waals surface area contributed by atoms with Gasteiger partial charge in [0, 0.05) is 11.6 Å². The molecule has 0 fully saturated rings. The van der Waals surface area contributed by atoms with E-state index in [2.05, 4.69) is 0 Å². The van der Waals surface area contributed by atoms with Gasteiger partial charge < -0.3 is 14.4 Å². The fourth-order valence-electron chi connectivity index (χ4n) is 2.05. The first-order valence-corrected chi connectivity index (χ1v) is 5.56. The maximum atomic E-state index is 11.6. The lowest BCUT2D eigenvalue weighted by molar-refractivity contribution is -0.155. The van der Waals surface area contributed by atoms with E-state index in [1.807, 2.05) is 6.92 Å². The second-order valence-corrected chi connectivity index (χ2v) is 4.39. The Morgan fingerprint density at radius 2 is 2.18 bits per heavy atom. The summed E-state index contributed by atoms with van der Waals surface area (Å²) in [6, 6.07) is 3.28. The highest BCUT2D eigenvalue weighted by Gasteiger charge is 2.31. The molecular formula is C12H15NO4. The summed E-state index contributed by atoms with van der Waals surface area (Å²) in [5.41, 5.74) is 0.959. The van der Waals surface area contributed by atoms with E-state index >= 15 is 0 Å². The van der Waals surface area contributed by atoms with Gasteiger partial charge in [0.2, 0.25) is 0 Å². The molecule has 0 aromatic carbocycles. The van der Waals surface area contributed by atoms with Crippen LogP contribution in [0.25, 0.3) is 0 Å². The second kappa shape index (κ2) is 4.33. The number of ether oxygens (including phenoxy) is 1. The molecule has 1 aromatic rings. The van der Waals surface area contributed by atoms with Crippen LogP contribution in [0.15, 0.2) is 12.1 Å². The van der Waals surface area contributed by atoms with Crippen LogP contribution in [-0.4, -0.2) is 28.0 Å². The molecule has 3 unspecified atom stereocenters. The Hall–Kier alpha value is -1.62. The predicted molar refractivity (Wildman–Crippen MR) is 59.5 cm³/mol. The van der Waals surface area contributed by atoms with Crippen molar-refractivity contribution in [2.75, 3.05) is 0 Å². The molecule has 5 nitrogen and oxygen atoms in total. The van der Waals surface area contributed by atoms with Crippen molar-refractivity contribution in [3.05, 3.63) is 23.5 Å². The van der Waals surface area contributed by atoms with Crippen LogP contribution in [0.1, 0.15) is 36.1 Å². The van der Waals surface area contributed by atoms with Crippen molar-refractivity contribution in [3.63, 3.8) is 0 Å². The molecule has 92 valence electrons. The second-order valence-electron chi connectivity index (χ2n) is 4.39. The normalized spacial score (nSPS) is 28.9. The Kier molecular flexibility index (Phi) is 3.02. The molecule has 1 aliphatic heterocycles. The number of aldehydes is 1. The summed E-state index contributed by atoms with van der Waals surface area (Å²) < 4.78 is 6.67. The summed E-state index contributed by atoms with van der Waals surface area (Å²) in [6.07, 6.45) is -0.424. The Balaban J connectivity index is 2.48. The van der Waals surface area contributed by atoms with Crippen LogP contribution >= 0.6 is 0 Å². The molecule has 0 radical (unpaired) electrons. The number of esters is 1. The largest absolute Gasteiger partial charge is 0.461 e. The molecule has 3 atom stereocenters. The van der Waals surface area contributed by atoms with Crippen molar-refractivity contribution in [2.45, 2.75) is 32.6 Å². The number of carbonyl (C=O) groups is 2. The standard InChI is InChI=1S/C12H15NO4/c1-7-8(2)17-11(15)5-13-9(6-14)3-4-10(13)12(7)16/h3-4,6-8,12,16H,5H2,1-2H3. The molecular weight excluding hydrogens is 222 g/mol. The van der Waals surface area contributed by atoms with Gasteiger partial charge in [0.05, 0.1) is 5.69 Å². The third kappa shape index (κ3) is 1.98. The van der Waals surface area contributed by atoms with Gasteiger partial charge in [-0.15, -0.1) is 0 Å². The van der Waals surface area contributed by atoms with Gasteiger partial charge in [-0.05, 0) is 19.1 Å². The quantitative estimate of drug-likeness (QED) is 0.582. The molecule has 1 N–H and O–H groups in total. The Morgan fingerprint density at radius 1 is 1.47 bits per heavy atom. The number of nitrogens with zero attached hydrogens (tertiary/aromatic N) is 1. The zero-order valence-corrected chi connectivity index (χ0v) is 9.79. The molecule has 0 amide bonds. The van der Waals surface area contributed by atoms with Crippen molar-refractivity contribution in [3.8, 4) is 0 Å². The minimum atomic E-state index is -0.744. The van der Waals surface area contributed by atoms with E-state index in [1.165, 1.54) is 4.57 Å². The number of fused-ring (bicyclic) bond motifs is 1. The molecule has 0 saturated carbocycles.